The second kappa shape index (κ2) is 10.5. The Morgan fingerprint density at radius 3 is 1.80 bits per heavy atom. The Morgan fingerprint density at radius 1 is 1.50 bits per heavy atom. The average Bonchev–Trinajstić information content (AvgIpc) is 1.65. The second-order valence-corrected chi connectivity index (χ2v) is 1.65. The molecule has 0 bridgehead atoms. The quantitative estimate of drug-likeness (QED) is 0.772. The van der Waals surface area contributed by atoms with Crippen LogP contribution in [0.3, 0.4) is 0 Å². The summed E-state index contributed by atoms with van der Waals surface area (Å²) in [5.74, 6) is -0.887. The third kappa shape index (κ3) is 9.69. The van der Waals surface area contributed by atoms with E-state index in [1.165, 1.54) is 0 Å². The van der Waals surface area contributed by atoms with Gasteiger partial charge in [-0.15, -0.1) is 0 Å². The van der Waals surface area contributed by atoms with E-state index < -0.39 is 5.97 Å². The van der Waals surface area contributed by atoms with E-state index in [-0.39, 0.29) is 20.8 Å². The van der Waals surface area contributed by atoms with E-state index in [1.807, 2.05) is 6.92 Å². The molecule has 0 rings (SSSR count). The van der Waals surface area contributed by atoms with E-state index in [2.05, 4.69) is 0 Å². The predicted octanol–water partition coefficient (Wildman–Crippen LogP) is 2.39. The van der Waals surface area contributed by atoms with Gasteiger partial charge in [0.25, 0.3) is 0 Å². The third-order valence-corrected chi connectivity index (χ3v) is 1.03. The summed E-state index contributed by atoms with van der Waals surface area (Å²) in [5, 5.41) is 8.18. The molecule has 0 spiro atoms. The topological polar surface area (TPSA) is 37.3 Å². The van der Waals surface area contributed by atoms with Gasteiger partial charge in [0.05, 0.1) is 5.92 Å². The minimum Gasteiger partial charge on any atom is -0.481 e. The molecule has 0 amide bonds. The minimum absolute atomic E-state index is 0. The molecule has 0 saturated carbocycles. The number of carboxylic acids is 1. The fraction of sp³-hybridized carbons (Fsp3) is 0.857. The minimum atomic E-state index is -0.706. The summed E-state index contributed by atoms with van der Waals surface area (Å²) in [6.45, 7) is 3.56. The van der Waals surface area contributed by atoms with Crippen molar-refractivity contribution in [3.63, 3.8) is 0 Å². The largest absolute Gasteiger partial charge is 0.481 e. The van der Waals surface area contributed by atoms with Crippen LogP contribution >= 0.6 is 0 Å². The first-order chi connectivity index (χ1) is 3.18. The zero-order chi connectivity index (χ0) is 5.86. The summed E-state index contributed by atoms with van der Waals surface area (Å²) in [4.78, 5) is 9.93. The average molecular weight is 401 g/mol. The van der Waals surface area contributed by atoms with Crippen molar-refractivity contribution >= 4 is 5.97 Å². The number of carbonyl (C=O) groups is 1. The molecule has 0 aliphatic heterocycles. The zero-order valence-corrected chi connectivity index (χ0v) is 11.7. The Morgan fingerprint density at radius 2 is 1.80 bits per heavy atom. The fourth-order valence-corrected chi connectivity index (χ4v) is 0.175. The number of hydrogen-bond acceptors (Lipinski definition) is 1. The molecule has 0 saturated heterocycles. The summed E-state index contributed by atoms with van der Waals surface area (Å²) in [6.07, 6.45) is 0.718. The molecule has 0 aromatic heterocycles. The van der Waals surface area contributed by atoms with Crippen molar-refractivity contribution in [1.29, 1.82) is 0 Å². The van der Waals surface area contributed by atoms with Crippen molar-refractivity contribution in [3.8, 4) is 0 Å². The van der Waals surface area contributed by atoms with Gasteiger partial charge < -0.3 is 5.11 Å². The van der Waals surface area contributed by atoms with Gasteiger partial charge in [-0.05, 0) is 6.42 Å². The molecule has 1 N–H and O–H groups in total. The molecule has 0 fully saturated rings. The standard InChI is InChI=1S/C5H10O2.2CH4.Rf/c1-3-4(2)5(6)7;;;/h4H,3H2,1-2H3,(H,6,7);2*1H4;. The molecule has 2 nitrogen and oxygen atoms in total. The summed E-state index contributed by atoms with van der Waals surface area (Å²) in [5.41, 5.74) is 0. The van der Waals surface area contributed by atoms with Crippen molar-refractivity contribution < 1.29 is 9.90 Å². The Bertz CT molecular complexity index is 74.0. The number of hydrogen-bond donors (Lipinski definition) is 1. The molecule has 1 unspecified atom stereocenters. The van der Waals surface area contributed by atoms with E-state index in [9.17, 15) is 4.79 Å². The molecule has 0 aliphatic rings. The van der Waals surface area contributed by atoms with Crippen molar-refractivity contribution in [2.75, 3.05) is 0 Å². The van der Waals surface area contributed by atoms with Gasteiger partial charge in [-0.3, -0.25) is 4.79 Å². The molecule has 0 aliphatic carbocycles. The van der Waals surface area contributed by atoms with Crippen LogP contribution in [0.25, 0.3) is 0 Å². The summed E-state index contributed by atoms with van der Waals surface area (Å²) >= 11 is 0. The first-order valence-electron chi connectivity index (χ1n) is 2.41. The Kier molecular flexibility index (Phi) is 24.7. The Hall–Kier alpha value is -1.53. The molecular formula is C7H18O2Rf. The number of aliphatic carboxylic acids is 1. The van der Waals surface area contributed by atoms with Crippen LogP contribution in [0.15, 0.2) is 0 Å². The Labute approximate surface area is 57.9 Å². The molecular weight excluding hydrogens is 383 g/mol. The van der Waals surface area contributed by atoms with E-state index in [0.717, 1.165) is 6.42 Å². The van der Waals surface area contributed by atoms with Crippen LogP contribution < -0.4 is 0 Å². The summed E-state index contributed by atoms with van der Waals surface area (Å²) in [7, 11) is 0. The molecule has 3 heteroatoms. The van der Waals surface area contributed by atoms with Crippen LogP contribution in [0.4, 0.5) is 0 Å². The molecule has 0 aromatic rings. The van der Waals surface area contributed by atoms with Gasteiger partial charge >= 0.3 is 5.97 Å². The van der Waals surface area contributed by atoms with Crippen LogP contribution in [-0.2, 0) is 4.79 Å². The fourth-order valence-electron chi connectivity index (χ4n) is 0.175. The van der Waals surface area contributed by atoms with Gasteiger partial charge in [0.1, 0.15) is 0 Å². The maximum Gasteiger partial charge on any atom is 0.306 e. The van der Waals surface area contributed by atoms with Gasteiger partial charge in [0, 0.05) is 0 Å². The van der Waals surface area contributed by atoms with Crippen LogP contribution in [0.2, 0.25) is 0 Å². The zero-order valence-electron chi connectivity index (χ0n) is 5.35. The van der Waals surface area contributed by atoms with Gasteiger partial charge in [0.15, 0.2) is 0 Å². The predicted molar refractivity (Wildman–Crippen MR) is 40.6 cm³/mol. The van der Waals surface area contributed by atoms with Crippen LogP contribution in [-0.4, -0.2) is 11.1 Å². The van der Waals surface area contributed by atoms with Gasteiger partial charge in [-0.1, -0.05) is 28.7 Å². The van der Waals surface area contributed by atoms with E-state index in [4.69, 9.17) is 5.11 Å². The maximum absolute atomic E-state index is 9.93. The first kappa shape index (κ1) is 23.7. The van der Waals surface area contributed by atoms with Crippen molar-refractivity contribution in [3.05, 3.63) is 0 Å². The molecule has 60 valence electrons. The SMILES string of the molecule is C.C.CCC(C)C(=O)O.[Rf]. The number of rotatable bonds is 2. The first-order valence-corrected chi connectivity index (χ1v) is 2.41. The normalized spacial score (nSPS) is 9.40. The monoisotopic (exact) mass is 401 g/mol. The van der Waals surface area contributed by atoms with Gasteiger partial charge in [-0.2, -0.15) is 0 Å². The number of carboxylic acid groups (broad SMARTS) is 1. The molecule has 10 heavy (non-hydrogen) atoms. The van der Waals surface area contributed by atoms with E-state index in [0.29, 0.717) is 0 Å². The van der Waals surface area contributed by atoms with Crippen LogP contribution in [0, 0.1) is 5.92 Å². The molecule has 0 aromatic carbocycles. The van der Waals surface area contributed by atoms with Crippen molar-refractivity contribution in [1.82, 2.24) is 0 Å². The van der Waals surface area contributed by atoms with Gasteiger partial charge in [-0.25, -0.2) is 0 Å². The molecule has 0 heterocycles. The molecule has 0 radical (unpaired) electrons. The molecule has 1 atom stereocenters. The summed E-state index contributed by atoms with van der Waals surface area (Å²) < 4.78 is 0. The smallest absolute Gasteiger partial charge is 0.306 e. The second-order valence-electron chi connectivity index (χ2n) is 1.65. The Balaban J connectivity index is -0.0000000600. The van der Waals surface area contributed by atoms with Crippen LogP contribution in [0.5, 0.6) is 0 Å². The van der Waals surface area contributed by atoms with E-state index >= 15 is 0 Å². The van der Waals surface area contributed by atoms with Crippen LogP contribution in [0.1, 0.15) is 35.1 Å². The van der Waals surface area contributed by atoms with Crippen molar-refractivity contribution in [2.45, 2.75) is 35.1 Å². The van der Waals surface area contributed by atoms with E-state index in [1.54, 1.807) is 6.92 Å². The third-order valence-electron chi connectivity index (χ3n) is 1.03. The van der Waals surface area contributed by atoms with Gasteiger partial charge in [0.2, 0.25) is 0 Å². The summed E-state index contributed by atoms with van der Waals surface area (Å²) in [6, 6.07) is 0. The maximum atomic E-state index is 9.93. The van der Waals surface area contributed by atoms with Crippen molar-refractivity contribution in [2.24, 2.45) is 5.92 Å².